The van der Waals surface area contributed by atoms with Gasteiger partial charge in [0.1, 0.15) is 5.75 Å². The Kier molecular flexibility index (Phi) is 4.34. The number of para-hydroxylation sites is 2. The third-order valence-corrected chi connectivity index (χ3v) is 4.32. The van der Waals surface area contributed by atoms with Crippen molar-refractivity contribution in [2.24, 2.45) is 5.92 Å². The minimum Gasteiger partial charge on any atom is -0.506 e. The molecule has 0 spiro atoms. The largest absolute Gasteiger partial charge is 0.506 e. The van der Waals surface area contributed by atoms with Gasteiger partial charge in [0.15, 0.2) is 0 Å². The number of rotatable bonds is 3. The van der Waals surface area contributed by atoms with Crippen LogP contribution in [0, 0.1) is 5.92 Å². The summed E-state index contributed by atoms with van der Waals surface area (Å²) in [7, 11) is 0. The topological polar surface area (TPSA) is 69.6 Å². The molecule has 0 bridgehead atoms. The molecule has 1 atom stereocenters. The monoisotopic (exact) mass is 374 g/mol. The quantitative estimate of drug-likeness (QED) is 0.810. The van der Waals surface area contributed by atoms with Gasteiger partial charge in [-0.15, -0.1) is 0 Å². The second kappa shape index (κ2) is 6.42. The number of carbonyl (C=O) groups excluding carboxylic acids is 2. The van der Waals surface area contributed by atoms with Crippen molar-refractivity contribution in [3.8, 4) is 5.75 Å². The van der Waals surface area contributed by atoms with Crippen LogP contribution in [0.3, 0.4) is 0 Å². The second-order valence-electron chi connectivity index (χ2n) is 5.39. The van der Waals surface area contributed by atoms with Crippen LogP contribution in [0.25, 0.3) is 0 Å². The van der Waals surface area contributed by atoms with Crippen molar-refractivity contribution < 1.29 is 14.7 Å². The fraction of sp³-hybridized carbons (Fsp3) is 0.176. The summed E-state index contributed by atoms with van der Waals surface area (Å²) in [6.45, 7) is 0.333. The summed E-state index contributed by atoms with van der Waals surface area (Å²) in [5.41, 5.74) is 1.13. The lowest BCUT2D eigenvalue weighted by Gasteiger charge is -2.17. The van der Waals surface area contributed by atoms with Gasteiger partial charge in [-0.25, -0.2) is 0 Å². The van der Waals surface area contributed by atoms with Crippen LogP contribution in [0.2, 0.25) is 0 Å². The average molecular weight is 375 g/mol. The molecule has 1 aliphatic heterocycles. The highest BCUT2D eigenvalue weighted by atomic mass is 79.9. The van der Waals surface area contributed by atoms with Crippen molar-refractivity contribution in [3.63, 3.8) is 0 Å². The van der Waals surface area contributed by atoms with Crippen LogP contribution in [0.15, 0.2) is 53.0 Å². The predicted octanol–water partition coefficient (Wildman–Crippen LogP) is 3.15. The number of benzene rings is 2. The Morgan fingerprint density at radius 2 is 1.87 bits per heavy atom. The van der Waals surface area contributed by atoms with Gasteiger partial charge in [-0.05, 0) is 36.4 Å². The minimum absolute atomic E-state index is 0.00920. The summed E-state index contributed by atoms with van der Waals surface area (Å²) in [4.78, 5) is 26.1. The number of hydrogen-bond donors (Lipinski definition) is 2. The first-order valence-corrected chi connectivity index (χ1v) is 7.98. The van der Waals surface area contributed by atoms with Gasteiger partial charge in [0.2, 0.25) is 11.8 Å². The predicted molar refractivity (Wildman–Crippen MR) is 91.3 cm³/mol. The number of halogens is 1. The lowest BCUT2D eigenvalue weighted by Crippen LogP contribution is -2.28. The summed E-state index contributed by atoms with van der Waals surface area (Å²) in [6.07, 6.45) is 0.162. The molecule has 3 rings (SSSR count). The Bertz CT molecular complexity index is 746. The molecule has 1 heterocycles. The van der Waals surface area contributed by atoms with Crippen molar-refractivity contribution in [1.29, 1.82) is 0 Å². The van der Waals surface area contributed by atoms with Crippen molar-refractivity contribution in [2.75, 3.05) is 16.8 Å². The van der Waals surface area contributed by atoms with Crippen LogP contribution < -0.4 is 10.2 Å². The molecule has 2 aromatic carbocycles. The number of phenols is 1. The molecule has 1 saturated heterocycles. The van der Waals surface area contributed by atoms with Crippen LogP contribution in [0.4, 0.5) is 11.4 Å². The lowest BCUT2D eigenvalue weighted by molar-refractivity contribution is -0.122. The maximum atomic E-state index is 12.3. The van der Waals surface area contributed by atoms with Crippen LogP contribution in [-0.4, -0.2) is 23.5 Å². The molecule has 6 heteroatoms. The van der Waals surface area contributed by atoms with Gasteiger partial charge in [0.05, 0.1) is 11.6 Å². The van der Waals surface area contributed by atoms with Crippen molar-refractivity contribution in [1.82, 2.24) is 0 Å². The van der Waals surface area contributed by atoms with Crippen LogP contribution in [-0.2, 0) is 9.59 Å². The van der Waals surface area contributed by atoms with Crippen molar-refractivity contribution >= 4 is 39.1 Å². The maximum absolute atomic E-state index is 12.3. The molecule has 0 aliphatic carbocycles. The molecule has 2 amide bonds. The fourth-order valence-electron chi connectivity index (χ4n) is 2.57. The number of hydrogen-bond acceptors (Lipinski definition) is 3. The van der Waals surface area contributed by atoms with Gasteiger partial charge in [-0.2, -0.15) is 0 Å². The third-order valence-electron chi connectivity index (χ3n) is 3.80. The highest BCUT2D eigenvalue weighted by Crippen LogP contribution is 2.28. The van der Waals surface area contributed by atoms with E-state index in [1.807, 2.05) is 24.3 Å². The lowest BCUT2D eigenvalue weighted by atomic mass is 10.1. The highest BCUT2D eigenvalue weighted by Gasteiger charge is 2.35. The second-order valence-corrected chi connectivity index (χ2v) is 6.30. The van der Waals surface area contributed by atoms with Gasteiger partial charge in [0, 0.05) is 23.1 Å². The number of phenolic OH excluding ortho intramolecular Hbond substituents is 1. The molecule has 1 fully saturated rings. The molecule has 23 heavy (non-hydrogen) atoms. The van der Waals surface area contributed by atoms with Crippen molar-refractivity contribution in [3.05, 3.63) is 53.0 Å². The molecule has 2 aromatic rings. The molecular formula is C17H15BrN2O3. The number of nitrogens with one attached hydrogen (secondary N) is 1. The summed E-state index contributed by atoms with van der Waals surface area (Å²) in [6, 6.07) is 13.9. The SMILES string of the molecule is O=C(Nc1ccccc1O)C1CC(=O)N(c2ccc(Br)cc2)C1. The number of aromatic hydroxyl groups is 1. The van der Waals surface area contributed by atoms with E-state index >= 15 is 0 Å². The Balaban J connectivity index is 1.71. The Morgan fingerprint density at radius 3 is 2.57 bits per heavy atom. The van der Waals surface area contributed by atoms with E-state index in [0.29, 0.717) is 12.2 Å². The molecular weight excluding hydrogens is 360 g/mol. The van der Waals surface area contributed by atoms with Gasteiger partial charge in [0.25, 0.3) is 0 Å². The zero-order valence-corrected chi connectivity index (χ0v) is 13.8. The van der Waals surface area contributed by atoms with E-state index in [4.69, 9.17) is 0 Å². The fourth-order valence-corrected chi connectivity index (χ4v) is 2.83. The van der Waals surface area contributed by atoms with Crippen LogP contribution in [0.5, 0.6) is 5.75 Å². The van der Waals surface area contributed by atoms with E-state index in [-0.39, 0.29) is 24.0 Å². The maximum Gasteiger partial charge on any atom is 0.229 e. The van der Waals surface area contributed by atoms with E-state index in [9.17, 15) is 14.7 Å². The number of amides is 2. The number of nitrogens with zero attached hydrogens (tertiary/aromatic N) is 1. The van der Waals surface area contributed by atoms with Gasteiger partial charge < -0.3 is 15.3 Å². The zero-order valence-electron chi connectivity index (χ0n) is 12.2. The summed E-state index contributed by atoms with van der Waals surface area (Å²) in [5, 5.41) is 12.4. The first-order valence-electron chi connectivity index (χ1n) is 7.19. The Hall–Kier alpha value is -2.34. The zero-order chi connectivity index (χ0) is 16.4. The van der Waals surface area contributed by atoms with E-state index < -0.39 is 5.92 Å². The molecule has 0 radical (unpaired) electrons. The van der Waals surface area contributed by atoms with Crippen LogP contribution in [0.1, 0.15) is 6.42 Å². The van der Waals surface area contributed by atoms with E-state index in [1.54, 1.807) is 23.1 Å². The highest BCUT2D eigenvalue weighted by molar-refractivity contribution is 9.10. The van der Waals surface area contributed by atoms with E-state index in [0.717, 1.165) is 10.2 Å². The van der Waals surface area contributed by atoms with Gasteiger partial charge in [-0.1, -0.05) is 28.1 Å². The van der Waals surface area contributed by atoms with Gasteiger partial charge >= 0.3 is 0 Å². The standard InChI is InChI=1S/C17H15BrN2O3/c18-12-5-7-13(8-6-12)20-10-11(9-16(20)22)17(23)19-14-3-1-2-4-15(14)21/h1-8,11,21H,9-10H2,(H,19,23). The van der Waals surface area contributed by atoms with E-state index in [2.05, 4.69) is 21.2 Å². The first kappa shape index (κ1) is 15.6. The molecule has 0 saturated carbocycles. The molecule has 2 N–H and O–H groups in total. The minimum atomic E-state index is -0.439. The van der Waals surface area contributed by atoms with E-state index in [1.165, 1.54) is 6.07 Å². The molecule has 118 valence electrons. The smallest absolute Gasteiger partial charge is 0.229 e. The summed E-state index contributed by atoms with van der Waals surface area (Å²) >= 11 is 3.36. The number of carbonyl (C=O) groups is 2. The number of anilines is 2. The molecule has 0 aromatic heterocycles. The molecule has 1 aliphatic rings. The summed E-state index contributed by atoms with van der Waals surface area (Å²) < 4.78 is 0.932. The third kappa shape index (κ3) is 3.37. The van der Waals surface area contributed by atoms with Crippen molar-refractivity contribution in [2.45, 2.75) is 6.42 Å². The summed E-state index contributed by atoms with van der Waals surface area (Å²) in [5.74, 6) is -0.773. The Labute approximate surface area is 142 Å². The van der Waals surface area contributed by atoms with Gasteiger partial charge in [-0.3, -0.25) is 9.59 Å². The molecule has 5 nitrogen and oxygen atoms in total. The Morgan fingerprint density at radius 1 is 1.17 bits per heavy atom. The average Bonchev–Trinajstić information content (AvgIpc) is 2.92. The van der Waals surface area contributed by atoms with Crippen LogP contribution >= 0.6 is 15.9 Å². The first-order chi connectivity index (χ1) is 11.0. The molecule has 1 unspecified atom stereocenters. The normalized spacial score (nSPS) is 17.3.